The Morgan fingerprint density at radius 1 is 1.60 bits per heavy atom. The predicted molar refractivity (Wildman–Crippen MR) is 63.6 cm³/mol. The fourth-order valence-electron chi connectivity index (χ4n) is 1.14. The SMILES string of the molecule is CC(O)CCNc1ccc(C#N)c(Br)c1. The Morgan fingerprint density at radius 3 is 2.87 bits per heavy atom. The Bertz CT molecular complexity index is 371. The van der Waals surface area contributed by atoms with Crippen LogP contribution in [0.25, 0.3) is 0 Å². The Labute approximate surface area is 97.9 Å². The number of benzene rings is 1. The molecule has 0 saturated heterocycles. The average molecular weight is 269 g/mol. The highest BCUT2D eigenvalue weighted by Crippen LogP contribution is 2.20. The van der Waals surface area contributed by atoms with Crippen LogP contribution in [0.1, 0.15) is 18.9 Å². The molecule has 0 heterocycles. The molecule has 3 nitrogen and oxygen atoms in total. The fourth-order valence-corrected chi connectivity index (χ4v) is 1.61. The highest BCUT2D eigenvalue weighted by Gasteiger charge is 2.00. The summed E-state index contributed by atoms with van der Waals surface area (Å²) in [6, 6.07) is 7.56. The van der Waals surface area contributed by atoms with Crippen LogP contribution in [0.15, 0.2) is 22.7 Å². The van der Waals surface area contributed by atoms with Crippen LogP contribution in [-0.4, -0.2) is 17.8 Å². The smallest absolute Gasteiger partial charge is 0.100 e. The molecule has 0 aliphatic carbocycles. The van der Waals surface area contributed by atoms with Gasteiger partial charge in [-0.1, -0.05) is 0 Å². The van der Waals surface area contributed by atoms with Gasteiger partial charge in [0.25, 0.3) is 0 Å². The molecule has 1 aromatic carbocycles. The van der Waals surface area contributed by atoms with Gasteiger partial charge in [-0.3, -0.25) is 0 Å². The summed E-state index contributed by atoms with van der Waals surface area (Å²) in [7, 11) is 0. The van der Waals surface area contributed by atoms with Gasteiger partial charge in [0.05, 0.1) is 11.7 Å². The van der Waals surface area contributed by atoms with E-state index in [0.29, 0.717) is 12.0 Å². The van der Waals surface area contributed by atoms with Gasteiger partial charge in [0.15, 0.2) is 0 Å². The van der Waals surface area contributed by atoms with Gasteiger partial charge in [0.2, 0.25) is 0 Å². The summed E-state index contributed by atoms with van der Waals surface area (Å²) in [5.74, 6) is 0. The normalized spacial score (nSPS) is 11.9. The molecule has 0 bridgehead atoms. The molecule has 0 fully saturated rings. The second-order valence-electron chi connectivity index (χ2n) is 3.37. The van der Waals surface area contributed by atoms with Crippen molar-refractivity contribution >= 4 is 21.6 Å². The minimum atomic E-state index is -0.292. The maximum Gasteiger partial charge on any atom is 0.100 e. The van der Waals surface area contributed by atoms with E-state index in [4.69, 9.17) is 10.4 Å². The van der Waals surface area contributed by atoms with E-state index in [1.165, 1.54) is 0 Å². The molecule has 1 unspecified atom stereocenters. The van der Waals surface area contributed by atoms with Gasteiger partial charge in [-0.25, -0.2) is 0 Å². The molecule has 80 valence electrons. The van der Waals surface area contributed by atoms with Crippen molar-refractivity contribution in [1.82, 2.24) is 0 Å². The topological polar surface area (TPSA) is 56.0 Å². The lowest BCUT2D eigenvalue weighted by Crippen LogP contribution is -2.09. The van der Waals surface area contributed by atoms with Crippen molar-refractivity contribution < 1.29 is 5.11 Å². The molecule has 1 atom stereocenters. The van der Waals surface area contributed by atoms with Gasteiger partial charge in [-0.05, 0) is 47.5 Å². The van der Waals surface area contributed by atoms with Crippen LogP contribution in [0.5, 0.6) is 0 Å². The fraction of sp³-hybridized carbons (Fsp3) is 0.364. The van der Waals surface area contributed by atoms with Gasteiger partial charge < -0.3 is 10.4 Å². The average Bonchev–Trinajstić information content (AvgIpc) is 2.17. The third kappa shape index (κ3) is 3.90. The first-order chi connectivity index (χ1) is 7.13. The summed E-state index contributed by atoms with van der Waals surface area (Å²) in [6.07, 6.45) is 0.414. The van der Waals surface area contributed by atoms with Crippen molar-refractivity contribution in [3.63, 3.8) is 0 Å². The second-order valence-corrected chi connectivity index (χ2v) is 4.23. The molecule has 0 aliphatic rings. The highest BCUT2D eigenvalue weighted by molar-refractivity contribution is 9.10. The lowest BCUT2D eigenvalue weighted by molar-refractivity contribution is 0.189. The van der Waals surface area contributed by atoms with E-state index in [1.54, 1.807) is 13.0 Å². The quantitative estimate of drug-likeness (QED) is 0.883. The number of nitriles is 1. The van der Waals surface area contributed by atoms with Crippen molar-refractivity contribution in [1.29, 1.82) is 5.26 Å². The molecule has 0 saturated carbocycles. The lowest BCUT2D eigenvalue weighted by Gasteiger charge is -2.08. The van der Waals surface area contributed by atoms with E-state index < -0.39 is 0 Å². The number of nitrogens with one attached hydrogen (secondary N) is 1. The Kier molecular flexibility index (Phi) is 4.60. The Morgan fingerprint density at radius 2 is 2.33 bits per heavy atom. The summed E-state index contributed by atoms with van der Waals surface area (Å²) in [5, 5.41) is 21.0. The molecule has 0 radical (unpaired) electrons. The summed E-state index contributed by atoms with van der Waals surface area (Å²) < 4.78 is 0.784. The maximum atomic E-state index is 9.07. The molecule has 0 spiro atoms. The predicted octanol–water partition coefficient (Wildman–Crippen LogP) is 2.50. The molecule has 2 N–H and O–H groups in total. The number of hydrogen-bond donors (Lipinski definition) is 2. The Hall–Kier alpha value is -1.05. The standard InChI is InChI=1S/C11H13BrN2O/c1-8(15)4-5-14-10-3-2-9(7-13)11(12)6-10/h2-3,6,8,14-15H,4-5H2,1H3. The molecule has 15 heavy (non-hydrogen) atoms. The van der Waals surface area contributed by atoms with Crippen molar-refractivity contribution in [2.24, 2.45) is 0 Å². The van der Waals surface area contributed by atoms with Crippen LogP contribution in [0, 0.1) is 11.3 Å². The van der Waals surface area contributed by atoms with E-state index in [2.05, 4.69) is 27.3 Å². The first-order valence-electron chi connectivity index (χ1n) is 4.75. The number of rotatable bonds is 4. The summed E-state index contributed by atoms with van der Waals surface area (Å²) in [4.78, 5) is 0. The molecule has 0 aliphatic heterocycles. The summed E-state index contributed by atoms with van der Waals surface area (Å²) in [5.41, 5.74) is 1.57. The van der Waals surface area contributed by atoms with Gasteiger partial charge in [0.1, 0.15) is 6.07 Å². The van der Waals surface area contributed by atoms with E-state index >= 15 is 0 Å². The number of halogens is 1. The van der Waals surface area contributed by atoms with Gasteiger partial charge in [-0.15, -0.1) is 0 Å². The zero-order valence-electron chi connectivity index (χ0n) is 8.50. The number of anilines is 1. The highest BCUT2D eigenvalue weighted by atomic mass is 79.9. The number of hydrogen-bond acceptors (Lipinski definition) is 3. The molecule has 1 aromatic rings. The van der Waals surface area contributed by atoms with Gasteiger partial charge >= 0.3 is 0 Å². The third-order valence-electron chi connectivity index (χ3n) is 1.98. The zero-order valence-corrected chi connectivity index (χ0v) is 10.1. The van der Waals surface area contributed by atoms with Gasteiger partial charge in [-0.2, -0.15) is 5.26 Å². The molecular weight excluding hydrogens is 256 g/mol. The molecular formula is C11H13BrN2O. The van der Waals surface area contributed by atoms with E-state index in [-0.39, 0.29) is 6.10 Å². The molecule has 1 rings (SSSR count). The van der Waals surface area contributed by atoms with Crippen LogP contribution in [0.3, 0.4) is 0 Å². The molecule has 0 amide bonds. The van der Waals surface area contributed by atoms with Crippen molar-refractivity contribution in [2.75, 3.05) is 11.9 Å². The van der Waals surface area contributed by atoms with E-state index in [1.807, 2.05) is 12.1 Å². The minimum absolute atomic E-state index is 0.292. The van der Waals surface area contributed by atoms with E-state index in [9.17, 15) is 0 Å². The zero-order chi connectivity index (χ0) is 11.3. The van der Waals surface area contributed by atoms with Crippen LogP contribution < -0.4 is 5.32 Å². The van der Waals surface area contributed by atoms with Crippen molar-refractivity contribution in [3.8, 4) is 6.07 Å². The third-order valence-corrected chi connectivity index (χ3v) is 2.64. The first kappa shape index (κ1) is 12.0. The largest absolute Gasteiger partial charge is 0.393 e. The molecule has 0 aromatic heterocycles. The maximum absolute atomic E-state index is 9.07. The number of aliphatic hydroxyl groups is 1. The number of nitrogens with zero attached hydrogens (tertiary/aromatic N) is 1. The lowest BCUT2D eigenvalue weighted by atomic mass is 10.2. The second kappa shape index (κ2) is 5.74. The van der Waals surface area contributed by atoms with Crippen LogP contribution in [-0.2, 0) is 0 Å². The van der Waals surface area contributed by atoms with Crippen LogP contribution in [0.4, 0.5) is 5.69 Å². The summed E-state index contributed by atoms with van der Waals surface area (Å²) >= 11 is 3.32. The monoisotopic (exact) mass is 268 g/mol. The van der Waals surface area contributed by atoms with Crippen molar-refractivity contribution in [3.05, 3.63) is 28.2 Å². The minimum Gasteiger partial charge on any atom is -0.393 e. The van der Waals surface area contributed by atoms with E-state index in [0.717, 1.165) is 16.7 Å². The first-order valence-corrected chi connectivity index (χ1v) is 5.54. The van der Waals surface area contributed by atoms with Crippen molar-refractivity contribution in [2.45, 2.75) is 19.4 Å². The van der Waals surface area contributed by atoms with Gasteiger partial charge in [0, 0.05) is 16.7 Å². The Balaban J connectivity index is 2.57. The molecule has 4 heteroatoms. The van der Waals surface area contributed by atoms with Crippen LogP contribution in [0.2, 0.25) is 0 Å². The number of aliphatic hydroxyl groups excluding tert-OH is 1. The van der Waals surface area contributed by atoms with Crippen LogP contribution >= 0.6 is 15.9 Å². The summed E-state index contributed by atoms with van der Waals surface area (Å²) in [6.45, 7) is 2.48.